The van der Waals surface area contributed by atoms with Gasteiger partial charge in [0, 0.05) is 30.3 Å². The lowest BCUT2D eigenvalue weighted by atomic mass is 9.72. The zero-order valence-electron chi connectivity index (χ0n) is 17.2. The predicted molar refractivity (Wildman–Crippen MR) is 119 cm³/mol. The average molecular weight is 389 g/mol. The highest BCUT2D eigenvalue weighted by molar-refractivity contribution is 5.86. The van der Waals surface area contributed by atoms with Gasteiger partial charge in [0.1, 0.15) is 11.9 Å². The minimum absolute atomic E-state index is 0.108. The van der Waals surface area contributed by atoms with Crippen LogP contribution in [0, 0.1) is 11.8 Å². The zero-order valence-corrected chi connectivity index (χ0v) is 17.2. The molecule has 0 amide bonds. The van der Waals surface area contributed by atoms with Gasteiger partial charge in [-0.25, -0.2) is 0 Å². The molecule has 2 aliphatic carbocycles. The number of aryl methyl sites for hydroxylation is 1. The van der Waals surface area contributed by atoms with Crippen LogP contribution in [-0.2, 0) is 12.8 Å². The van der Waals surface area contributed by atoms with Gasteiger partial charge in [0.2, 0.25) is 0 Å². The molecule has 29 heavy (non-hydrogen) atoms. The van der Waals surface area contributed by atoms with Crippen LogP contribution in [0.4, 0.5) is 0 Å². The van der Waals surface area contributed by atoms with Gasteiger partial charge in [0.25, 0.3) is 0 Å². The molecule has 1 fully saturated rings. The van der Waals surface area contributed by atoms with E-state index in [2.05, 4.69) is 47.5 Å². The zero-order chi connectivity index (χ0) is 19.6. The summed E-state index contributed by atoms with van der Waals surface area (Å²) in [7, 11) is 0. The van der Waals surface area contributed by atoms with E-state index in [4.69, 9.17) is 10.5 Å². The Balaban J connectivity index is 1.51. The van der Waals surface area contributed by atoms with Crippen LogP contribution in [0.2, 0.25) is 0 Å². The third-order valence-electron chi connectivity index (χ3n) is 7.25. The molecule has 2 aromatic carbocycles. The molecule has 5 rings (SSSR count). The van der Waals surface area contributed by atoms with Crippen molar-refractivity contribution in [2.45, 2.75) is 63.5 Å². The van der Waals surface area contributed by atoms with Crippen molar-refractivity contribution in [1.82, 2.24) is 0 Å². The molecule has 1 saturated carbocycles. The fourth-order valence-electron chi connectivity index (χ4n) is 5.74. The van der Waals surface area contributed by atoms with Crippen LogP contribution in [0.1, 0.15) is 66.9 Å². The Morgan fingerprint density at radius 1 is 0.897 bits per heavy atom. The van der Waals surface area contributed by atoms with E-state index < -0.39 is 0 Å². The van der Waals surface area contributed by atoms with Gasteiger partial charge in [0.15, 0.2) is 0 Å². The highest BCUT2D eigenvalue weighted by Crippen LogP contribution is 2.45. The quantitative estimate of drug-likeness (QED) is 0.730. The maximum Gasteiger partial charge on any atom is 0.129 e. The fraction of sp³-hybridized carbons (Fsp3) is 0.500. The number of benzene rings is 2. The Morgan fingerprint density at radius 3 is 2.72 bits per heavy atom. The van der Waals surface area contributed by atoms with Crippen molar-refractivity contribution < 1.29 is 4.74 Å². The highest BCUT2D eigenvalue weighted by atomic mass is 16.5. The Bertz CT molecular complexity index is 890. The number of hydrogen-bond donors (Lipinski definition) is 1. The maximum atomic E-state index is 6.89. The summed E-state index contributed by atoms with van der Waals surface area (Å²) >= 11 is 0. The maximum absolute atomic E-state index is 6.89. The van der Waals surface area contributed by atoms with Crippen molar-refractivity contribution in [2.75, 3.05) is 6.54 Å². The van der Waals surface area contributed by atoms with Crippen LogP contribution in [0.3, 0.4) is 0 Å². The van der Waals surface area contributed by atoms with E-state index in [1.807, 2.05) is 6.21 Å². The molecule has 3 nitrogen and oxygen atoms in total. The molecule has 1 heterocycles. The summed E-state index contributed by atoms with van der Waals surface area (Å²) in [5.41, 5.74) is 11.8. The number of aliphatic imine (C=N–C) groups is 1. The number of fused-ring (bicyclic) bond motifs is 2. The van der Waals surface area contributed by atoms with Crippen molar-refractivity contribution in [3.63, 3.8) is 0 Å². The standard InChI is InChI=1S/C26H32N2O/c27-21-9-3-1-7-20(16-21)23-13-12-18-6-2-4-10-22(18)26(23)29-25-11-5-8-19-14-15-28-17-24(19)25/h2,4-6,8,10-11,17,20-21,23,26H,1,3,7,9,12-16,27H2/t20?,21-,23+,26-/m0/s1. The Kier molecular flexibility index (Phi) is 5.41. The lowest BCUT2D eigenvalue weighted by molar-refractivity contribution is 0.0707. The van der Waals surface area contributed by atoms with Crippen LogP contribution in [-0.4, -0.2) is 18.8 Å². The first-order chi connectivity index (χ1) is 14.3. The van der Waals surface area contributed by atoms with E-state index in [0.717, 1.165) is 31.6 Å². The number of rotatable bonds is 3. The third-order valence-corrected chi connectivity index (χ3v) is 7.25. The minimum atomic E-state index is 0.108. The molecular formula is C26H32N2O. The van der Waals surface area contributed by atoms with E-state index in [9.17, 15) is 0 Å². The van der Waals surface area contributed by atoms with E-state index in [0.29, 0.717) is 17.9 Å². The summed E-state index contributed by atoms with van der Waals surface area (Å²) in [5, 5.41) is 0. The summed E-state index contributed by atoms with van der Waals surface area (Å²) in [6.07, 6.45) is 11.7. The van der Waals surface area contributed by atoms with E-state index in [1.165, 1.54) is 54.4 Å². The van der Waals surface area contributed by atoms with Crippen molar-refractivity contribution in [3.8, 4) is 5.75 Å². The molecule has 3 aliphatic rings. The van der Waals surface area contributed by atoms with E-state index in [1.54, 1.807) is 0 Å². The average Bonchev–Trinajstić information content (AvgIpc) is 2.98. The summed E-state index contributed by atoms with van der Waals surface area (Å²) < 4.78 is 6.89. The van der Waals surface area contributed by atoms with Gasteiger partial charge in [-0.1, -0.05) is 49.2 Å². The summed E-state index contributed by atoms with van der Waals surface area (Å²) in [4.78, 5) is 4.53. The largest absolute Gasteiger partial charge is 0.485 e. The number of nitrogens with zero attached hydrogens (tertiary/aromatic N) is 1. The normalized spacial score (nSPS) is 28.9. The van der Waals surface area contributed by atoms with Crippen molar-refractivity contribution in [2.24, 2.45) is 22.6 Å². The highest BCUT2D eigenvalue weighted by Gasteiger charge is 2.37. The summed E-state index contributed by atoms with van der Waals surface area (Å²) in [6.45, 7) is 0.880. The molecule has 3 heteroatoms. The molecule has 0 saturated heterocycles. The van der Waals surface area contributed by atoms with Crippen LogP contribution in [0.5, 0.6) is 5.75 Å². The number of ether oxygens (including phenoxy) is 1. The second-order valence-corrected chi connectivity index (χ2v) is 9.09. The summed E-state index contributed by atoms with van der Waals surface area (Å²) in [6, 6.07) is 15.7. The molecular weight excluding hydrogens is 356 g/mol. The monoisotopic (exact) mass is 388 g/mol. The van der Waals surface area contributed by atoms with Gasteiger partial charge < -0.3 is 10.5 Å². The third kappa shape index (κ3) is 3.85. The van der Waals surface area contributed by atoms with Gasteiger partial charge >= 0.3 is 0 Å². The van der Waals surface area contributed by atoms with Crippen LogP contribution >= 0.6 is 0 Å². The summed E-state index contributed by atoms with van der Waals surface area (Å²) in [5.74, 6) is 2.18. The topological polar surface area (TPSA) is 47.6 Å². The smallest absolute Gasteiger partial charge is 0.129 e. The minimum Gasteiger partial charge on any atom is -0.485 e. The number of nitrogens with two attached hydrogens (primary N) is 1. The first-order valence-corrected chi connectivity index (χ1v) is 11.4. The fourth-order valence-corrected chi connectivity index (χ4v) is 5.74. The van der Waals surface area contributed by atoms with Crippen molar-refractivity contribution in [3.05, 3.63) is 64.7 Å². The van der Waals surface area contributed by atoms with Gasteiger partial charge in [0.05, 0.1) is 0 Å². The van der Waals surface area contributed by atoms with E-state index >= 15 is 0 Å². The molecule has 4 atom stereocenters. The second kappa shape index (κ2) is 8.31. The predicted octanol–water partition coefficient (Wildman–Crippen LogP) is 5.25. The first kappa shape index (κ1) is 18.9. The van der Waals surface area contributed by atoms with Crippen LogP contribution in [0.15, 0.2) is 47.5 Å². The molecule has 0 spiro atoms. The first-order valence-electron chi connectivity index (χ1n) is 11.4. The Labute approximate surface area is 174 Å². The van der Waals surface area contributed by atoms with Gasteiger partial charge in [-0.2, -0.15) is 0 Å². The van der Waals surface area contributed by atoms with Gasteiger partial charge in [-0.15, -0.1) is 0 Å². The Hall–Kier alpha value is -2.13. The lowest BCUT2D eigenvalue weighted by Crippen LogP contribution is -2.34. The molecule has 0 bridgehead atoms. The van der Waals surface area contributed by atoms with Gasteiger partial charge in [-0.05, 0) is 67.2 Å². The van der Waals surface area contributed by atoms with Crippen LogP contribution in [0.25, 0.3) is 0 Å². The molecule has 2 aromatic rings. The molecule has 0 radical (unpaired) electrons. The number of hydrogen-bond acceptors (Lipinski definition) is 3. The lowest BCUT2D eigenvalue weighted by Gasteiger charge is -2.39. The van der Waals surface area contributed by atoms with Gasteiger partial charge in [-0.3, -0.25) is 4.99 Å². The molecule has 2 N–H and O–H groups in total. The SMILES string of the molecule is N[C@H]1CCCCC([C@H]2CCc3ccccc3[C@@H]2Oc2cccc3c2C=NCC3)C1. The molecule has 152 valence electrons. The van der Waals surface area contributed by atoms with Crippen molar-refractivity contribution in [1.29, 1.82) is 0 Å². The van der Waals surface area contributed by atoms with Crippen LogP contribution < -0.4 is 10.5 Å². The van der Waals surface area contributed by atoms with E-state index in [-0.39, 0.29) is 6.10 Å². The molecule has 0 aromatic heterocycles. The second-order valence-electron chi connectivity index (χ2n) is 9.09. The molecule has 1 unspecified atom stereocenters. The molecule has 1 aliphatic heterocycles. The van der Waals surface area contributed by atoms with Crippen molar-refractivity contribution >= 4 is 6.21 Å². The Morgan fingerprint density at radius 2 is 1.76 bits per heavy atom.